The lowest BCUT2D eigenvalue weighted by Gasteiger charge is -2.27. The maximum atomic E-state index is 13.5. The van der Waals surface area contributed by atoms with Crippen LogP contribution in [0.5, 0.6) is 34.5 Å². The Morgan fingerprint density at radius 2 is 1.72 bits per heavy atom. The number of esters is 1. The van der Waals surface area contributed by atoms with Crippen LogP contribution in [-0.2, 0) is 21.7 Å². The number of benzene rings is 3. The number of methoxy groups -OCH3 is 3. The van der Waals surface area contributed by atoms with E-state index in [1.165, 1.54) is 14.2 Å². The molecule has 3 aromatic rings. The molecule has 0 radical (unpaired) electrons. The quantitative estimate of drug-likeness (QED) is 0.301. The zero-order chi connectivity index (χ0) is 27.6. The molecule has 1 N–H and O–H groups in total. The number of rotatable bonds is 10. The van der Waals surface area contributed by atoms with Crippen molar-refractivity contribution in [2.24, 2.45) is 0 Å². The second kappa shape index (κ2) is 10.6. The second-order valence-electron chi connectivity index (χ2n) is 8.78. The van der Waals surface area contributed by atoms with E-state index in [9.17, 15) is 9.90 Å². The maximum absolute atomic E-state index is 13.5. The fraction of sp³-hybridized carbons (Fsp3) is 0.233. The molecule has 0 aliphatic carbocycles. The molecule has 9 heteroatoms. The number of fused-ring (bicyclic) bond motifs is 1. The highest BCUT2D eigenvalue weighted by Crippen LogP contribution is 2.49. The minimum atomic E-state index is -2.14. The van der Waals surface area contributed by atoms with Gasteiger partial charge < -0.3 is 38.3 Å². The summed E-state index contributed by atoms with van der Waals surface area (Å²) in [6.07, 6.45) is 1.76. The zero-order valence-corrected chi connectivity index (χ0v) is 21.8. The van der Waals surface area contributed by atoms with Gasteiger partial charge in [0.05, 0.1) is 32.5 Å². The second-order valence-corrected chi connectivity index (χ2v) is 8.78. The van der Waals surface area contributed by atoms with Gasteiger partial charge in [0.25, 0.3) is 5.79 Å². The number of ether oxygens (including phenoxy) is 7. The van der Waals surface area contributed by atoms with Crippen molar-refractivity contribution >= 4 is 11.5 Å². The van der Waals surface area contributed by atoms with Crippen LogP contribution in [-0.4, -0.2) is 45.8 Å². The van der Waals surface area contributed by atoms with Crippen LogP contribution in [0.2, 0.25) is 0 Å². The minimum absolute atomic E-state index is 0.0848. The highest BCUT2D eigenvalue weighted by Gasteiger charge is 2.50. The first-order valence-corrected chi connectivity index (χ1v) is 12.1. The summed E-state index contributed by atoms with van der Waals surface area (Å²) < 4.78 is 38.8. The predicted octanol–water partition coefficient (Wildman–Crippen LogP) is 4.40. The number of cyclic esters (lactones) is 1. The van der Waals surface area contributed by atoms with E-state index in [0.717, 1.165) is 5.56 Å². The van der Waals surface area contributed by atoms with Crippen LogP contribution in [0.1, 0.15) is 16.7 Å². The summed E-state index contributed by atoms with van der Waals surface area (Å²) in [4.78, 5) is 13.5. The summed E-state index contributed by atoms with van der Waals surface area (Å²) in [5, 5.41) is 12.1. The van der Waals surface area contributed by atoms with Gasteiger partial charge in [-0.3, -0.25) is 0 Å². The van der Waals surface area contributed by atoms with Crippen LogP contribution in [0.3, 0.4) is 0 Å². The number of aliphatic hydroxyl groups is 1. The Morgan fingerprint density at radius 3 is 2.46 bits per heavy atom. The Bertz CT molecular complexity index is 1460. The first-order valence-electron chi connectivity index (χ1n) is 12.1. The summed E-state index contributed by atoms with van der Waals surface area (Å²) in [5.74, 6) is 0.0755. The van der Waals surface area contributed by atoms with E-state index in [-0.39, 0.29) is 31.0 Å². The van der Waals surface area contributed by atoms with E-state index < -0.39 is 11.8 Å². The molecule has 5 rings (SSSR count). The Labute approximate surface area is 225 Å². The highest BCUT2D eigenvalue weighted by molar-refractivity contribution is 6.20. The molecule has 2 heterocycles. The Kier molecular flexibility index (Phi) is 7.08. The number of carbonyl (C=O) groups is 1. The average molecular weight is 533 g/mol. The van der Waals surface area contributed by atoms with Crippen molar-refractivity contribution in [1.29, 1.82) is 0 Å². The van der Waals surface area contributed by atoms with Crippen molar-refractivity contribution in [2.45, 2.75) is 12.2 Å². The zero-order valence-electron chi connectivity index (χ0n) is 21.8. The fourth-order valence-electron chi connectivity index (χ4n) is 4.68. The first-order chi connectivity index (χ1) is 18.9. The number of hydrogen-bond donors (Lipinski definition) is 1. The van der Waals surface area contributed by atoms with Gasteiger partial charge in [-0.15, -0.1) is 0 Å². The summed E-state index contributed by atoms with van der Waals surface area (Å²) in [5.41, 5.74) is 2.03. The van der Waals surface area contributed by atoms with Crippen LogP contribution >= 0.6 is 0 Å². The lowest BCUT2D eigenvalue weighted by Crippen LogP contribution is -2.30. The topological polar surface area (TPSA) is 102 Å². The van der Waals surface area contributed by atoms with Crippen molar-refractivity contribution in [3.8, 4) is 34.5 Å². The molecule has 0 saturated carbocycles. The largest absolute Gasteiger partial charge is 0.497 e. The molecule has 39 heavy (non-hydrogen) atoms. The molecule has 1 unspecified atom stereocenters. The van der Waals surface area contributed by atoms with Gasteiger partial charge in [-0.25, -0.2) is 4.79 Å². The predicted molar refractivity (Wildman–Crippen MR) is 141 cm³/mol. The Morgan fingerprint density at radius 1 is 0.923 bits per heavy atom. The molecule has 3 aromatic carbocycles. The first kappa shape index (κ1) is 26.0. The van der Waals surface area contributed by atoms with Gasteiger partial charge in [0.15, 0.2) is 23.0 Å². The van der Waals surface area contributed by atoms with Crippen LogP contribution < -0.4 is 28.4 Å². The van der Waals surface area contributed by atoms with Crippen LogP contribution in [0.25, 0.3) is 5.57 Å². The monoisotopic (exact) mass is 532 g/mol. The van der Waals surface area contributed by atoms with Gasteiger partial charge in [-0.1, -0.05) is 24.8 Å². The number of carbonyl (C=O) groups excluding carboxylic acids is 1. The fourth-order valence-corrected chi connectivity index (χ4v) is 4.68. The van der Waals surface area contributed by atoms with Crippen molar-refractivity contribution in [1.82, 2.24) is 0 Å². The molecule has 2 aliphatic heterocycles. The third-order valence-corrected chi connectivity index (χ3v) is 6.56. The van der Waals surface area contributed by atoms with Gasteiger partial charge in [0.2, 0.25) is 6.79 Å². The smallest absolute Gasteiger partial charge is 0.342 e. The van der Waals surface area contributed by atoms with E-state index >= 15 is 0 Å². The van der Waals surface area contributed by atoms with Gasteiger partial charge >= 0.3 is 5.97 Å². The van der Waals surface area contributed by atoms with Gasteiger partial charge in [-0.2, -0.15) is 0 Å². The molecule has 0 bridgehead atoms. The van der Waals surface area contributed by atoms with Crippen molar-refractivity contribution in [2.75, 3.05) is 34.7 Å². The lowest BCUT2D eigenvalue weighted by atomic mass is 9.87. The van der Waals surface area contributed by atoms with Gasteiger partial charge in [-0.05, 0) is 47.5 Å². The van der Waals surface area contributed by atoms with E-state index in [2.05, 4.69) is 6.58 Å². The Balaban J connectivity index is 1.68. The van der Waals surface area contributed by atoms with Crippen LogP contribution in [0, 0.1) is 0 Å². The number of hydrogen-bond acceptors (Lipinski definition) is 9. The molecule has 0 amide bonds. The SMILES string of the molecule is C=CCOc1cc(CC2=C(c3ccc4c(c3)OCO4)C(=O)OC2(O)c2ccc(OC)cc2OC)ccc1OC. The molecule has 0 saturated heterocycles. The van der Waals surface area contributed by atoms with Gasteiger partial charge in [0.1, 0.15) is 18.1 Å². The highest BCUT2D eigenvalue weighted by atomic mass is 16.7. The third kappa shape index (κ3) is 4.72. The standard InChI is InChI=1S/C30H28O9/c1-5-12-36-26-14-18(6-10-23(26)34-3)13-22-28(19-7-11-24-27(15-19)38-17-37-24)29(31)39-30(22,32)21-9-8-20(33-2)16-25(21)35-4/h5-11,14-16,32H,1,12-13,17H2,2-4H3. The van der Waals surface area contributed by atoms with Gasteiger partial charge in [0, 0.05) is 18.1 Å². The molecule has 1 atom stereocenters. The summed E-state index contributed by atoms with van der Waals surface area (Å²) in [6.45, 7) is 4.06. The van der Waals surface area contributed by atoms with Crippen molar-refractivity contribution < 1.29 is 43.1 Å². The van der Waals surface area contributed by atoms with Crippen molar-refractivity contribution in [3.05, 3.63) is 89.5 Å². The third-order valence-electron chi connectivity index (χ3n) is 6.56. The molecule has 0 aromatic heterocycles. The molecule has 2 aliphatic rings. The van der Waals surface area contributed by atoms with E-state index in [0.29, 0.717) is 45.6 Å². The van der Waals surface area contributed by atoms with E-state index in [1.54, 1.807) is 61.7 Å². The summed E-state index contributed by atoms with van der Waals surface area (Å²) >= 11 is 0. The maximum Gasteiger partial charge on any atom is 0.342 e. The molecule has 202 valence electrons. The lowest BCUT2D eigenvalue weighted by molar-refractivity contribution is -0.185. The summed E-state index contributed by atoms with van der Waals surface area (Å²) in [6, 6.07) is 15.4. The average Bonchev–Trinajstić information content (AvgIpc) is 3.52. The van der Waals surface area contributed by atoms with Crippen LogP contribution in [0.15, 0.2) is 72.8 Å². The van der Waals surface area contributed by atoms with Crippen LogP contribution in [0.4, 0.5) is 0 Å². The normalized spacial score (nSPS) is 17.6. The molecule has 0 fully saturated rings. The summed E-state index contributed by atoms with van der Waals surface area (Å²) in [7, 11) is 4.54. The molecular weight excluding hydrogens is 504 g/mol. The Hall–Kier alpha value is -4.63. The molecule has 0 spiro atoms. The van der Waals surface area contributed by atoms with Crippen molar-refractivity contribution in [3.63, 3.8) is 0 Å². The van der Waals surface area contributed by atoms with E-state index in [4.69, 9.17) is 33.2 Å². The minimum Gasteiger partial charge on any atom is -0.497 e. The van der Waals surface area contributed by atoms with E-state index in [1.807, 2.05) is 6.07 Å². The molecule has 9 nitrogen and oxygen atoms in total. The molecular formula is C30H28O9.